The van der Waals surface area contributed by atoms with Crippen LogP contribution in [0.25, 0.3) is 0 Å². The van der Waals surface area contributed by atoms with Crippen LogP contribution in [0.4, 0.5) is 10.3 Å². The van der Waals surface area contributed by atoms with Crippen LogP contribution in [0, 0.1) is 5.82 Å². The van der Waals surface area contributed by atoms with Crippen molar-refractivity contribution in [2.24, 2.45) is 0 Å². The molecule has 0 aromatic carbocycles. The van der Waals surface area contributed by atoms with Gasteiger partial charge in [0.05, 0.1) is 12.4 Å². The summed E-state index contributed by atoms with van der Waals surface area (Å²) in [6.07, 6.45) is 3.23. The summed E-state index contributed by atoms with van der Waals surface area (Å²) in [6, 6.07) is 2.31. The number of hydrogen-bond acceptors (Lipinski definition) is 4. The summed E-state index contributed by atoms with van der Waals surface area (Å²) in [7, 11) is 0. The molecule has 3 nitrogen and oxygen atoms in total. The first kappa shape index (κ1) is 11.0. The van der Waals surface area contributed by atoms with Gasteiger partial charge in [-0.15, -0.1) is 0 Å². The summed E-state index contributed by atoms with van der Waals surface area (Å²) in [6.45, 7) is 2.05. The lowest BCUT2D eigenvalue weighted by Crippen LogP contribution is -2.19. The van der Waals surface area contributed by atoms with Crippen molar-refractivity contribution in [1.82, 2.24) is 9.97 Å². The molecule has 0 saturated carbocycles. The maximum Gasteiger partial charge on any atom is 0.222 e. The van der Waals surface area contributed by atoms with E-state index in [9.17, 15) is 4.39 Å². The van der Waals surface area contributed by atoms with Gasteiger partial charge in [0.15, 0.2) is 5.82 Å². The Kier molecular flexibility index (Phi) is 3.46. The minimum Gasteiger partial charge on any atom is -0.351 e. The molecule has 1 unspecified atom stereocenters. The highest BCUT2D eigenvalue weighted by molar-refractivity contribution is 7.07. The van der Waals surface area contributed by atoms with Crippen molar-refractivity contribution in [3.05, 3.63) is 40.6 Å². The molecule has 0 saturated heterocycles. The molecule has 84 valence electrons. The van der Waals surface area contributed by atoms with E-state index in [1.54, 1.807) is 11.3 Å². The second-order valence-electron chi connectivity index (χ2n) is 3.61. The summed E-state index contributed by atoms with van der Waals surface area (Å²) < 4.78 is 12.6. The van der Waals surface area contributed by atoms with Crippen LogP contribution in [-0.4, -0.2) is 16.0 Å². The van der Waals surface area contributed by atoms with Gasteiger partial charge in [0.2, 0.25) is 5.95 Å². The fourth-order valence-electron chi connectivity index (χ4n) is 1.42. The zero-order valence-corrected chi connectivity index (χ0v) is 9.67. The second-order valence-corrected chi connectivity index (χ2v) is 4.39. The fraction of sp³-hybridized carbons (Fsp3) is 0.273. The van der Waals surface area contributed by atoms with Crippen molar-refractivity contribution in [3.8, 4) is 0 Å². The lowest BCUT2D eigenvalue weighted by molar-refractivity contribution is 0.613. The Hall–Kier alpha value is -1.49. The zero-order chi connectivity index (χ0) is 11.4. The largest absolute Gasteiger partial charge is 0.351 e. The van der Waals surface area contributed by atoms with Crippen LogP contribution in [0.1, 0.15) is 12.5 Å². The van der Waals surface area contributed by atoms with E-state index in [1.165, 1.54) is 5.56 Å². The molecular weight excluding hydrogens is 225 g/mol. The van der Waals surface area contributed by atoms with E-state index in [1.807, 2.05) is 6.92 Å². The van der Waals surface area contributed by atoms with Gasteiger partial charge in [-0.25, -0.2) is 14.4 Å². The van der Waals surface area contributed by atoms with Crippen molar-refractivity contribution in [2.75, 3.05) is 5.32 Å². The van der Waals surface area contributed by atoms with Crippen LogP contribution >= 0.6 is 11.3 Å². The van der Waals surface area contributed by atoms with Crippen LogP contribution < -0.4 is 5.32 Å². The van der Waals surface area contributed by atoms with Crippen LogP contribution in [0.5, 0.6) is 0 Å². The third-order valence-electron chi connectivity index (χ3n) is 2.12. The summed E-state index contributed by atoms with van der Waals surface area (Å²) in [4.78, 5) is 7.71. The van der Waals surface area contributed by atoms with Crippen molar-refractivity contribution in [2.45, 2.75) is 19.4 Å². The van der Waals surface area contributed by atoms with Gasteiger partial charge in [0.25, 0.3) is 0 Å². The number of nitrogens with one attached hydrogen (secondary N) is 1. The molecule has 1 N–H and O–H groups in total. The Bertz CT molecular complexity index is 427. The number of aromatic nitrogens is 2. The van der Waals surface area contributed by atoms with Gasteiger partial charge >= 0.3 is 0 Å². The van der Waals surface area contributed by atoms with Gasteiger partial charge in [-0.05, 0) is 35.7 Å². The van der Waals surface area contributed by atoms with E-state index in [0.717, 1.165) is 18.8 Å². The average Bonchev–Trinajstić information content (AvgIpc) is 2.74. The molecule has 0 bridgehead atoms. The molecule has 16 heavy (non-hydrogen) atoms. The molecule has 0 spiro atoms. The average molecular weight is 237 g/mol. The molecule has 0 aliphatic rings. The van der Waals surface area contributed by atoms with Gasteiger partial charge in [-0.3, -0.25) is 0 Å². The van der Waals surface area contributed by atoms with Crippen LogP contribution in [0.15, 0.2) is 29.2 Å². The minimum atomic E-state index is -0.420. The molecule has 2 aromatic rings. The first-order chi connectivity index (χ1) is 7.74. The molecule has 2 rings (SSSR count). The van der Waals surface area contributed by atoms with Crippen LogP contribution in [0.2, 0.25) is 0 Å². The molecule has 5 heteroatoms. The normalized spacial score (nSPS) is 12.4. The van der Waals surface area contributed by atoms with E-state index in [2.05, 4.69) is 32.1 Å². The van der Waals surface area contributed by atoms with Crippen LogP contribution in [0.3, 0.4) is 0 Å². The second kappa shape index (κ2) is 5.03. The maximum atomic E-state index is 12.6. The van der Waals surface area contributed by atoms with Gasteiger partial charge in [0.1, 0.15) is 0 Å². The van der Waals surface area contributed by atoms with E-state index < -0.39 is 5.82 Å². The van der Waals surface area contributed by atoms with Crippen molar-refractivity contribution in [1.29, 1.82) is 0 Å². The van der Waals surface area contributed by atoms with E-state index in [-0.39, 0.29) is 6.04 Å². The predicted molar refractivity (Wildman–Crippen MR) is 63.1 cm³/mol. The Balaban J connectivity index is 1.92. The summed E-state index contributed by atoms with van der Waals surface area (Å²) in [5.41, 5.74) is 1.28. The molecule has 0 amide bonds. The molecule has 0 fully saturated rings. The van der Waals surface area contributed by atoms with Crippen molar-refractivity contribution in [3.63, 3.8) is 0 Å². The highest BCUT2D eigenvalue weighted by Gasteiger charge is 2.05. The van der Waals surface area contributed by atoms with Gasteiger partial charge in [-0.2, -0.15) is 11.3 Å². The Morgan fingerprint density at radius 1 is 1.44 bits per heavy atom. The summed E-state index contributed by atoms with van der Waals surface area (Å²) in [5.74, 6) is 0.0418. The quantitative estimate of drug-likeness (QED) is 0.888. The molecule has 0 radical (unpaired) electrons. The number of anilines is 1. The molecule has 0 aliphatic heterocycles. The molecule has 2 aromatic heterocycles. The SMILES string of the molecule is CC(Cc1ccsc1)Nc1ncc(F)cn1. The van der Waals surface area contributed by atoms with Crippen molar-refractivity contribution < 1.29 is 4.39 Å². The fourth-order valence-corrected chi connectivity index (χ4v) is 2.10. The van der Waals surface area contributed by atoms with E-state index >= 15 is 0 Å². The molecule has 2 heterocycles. The van der Waals surface area contributed by atoms with Gasteiger partial charge in [0, 0.05) is 6.04 Å². The topological polar surface area (TPSA) is 37.8 Å². The van der Waals surface area contributed by atoms with Crippen molar-refractivity contribution >= 4 is 17.3 Å². The van der Waals surface area contributed by atoms with Gasteiger partial charge < -0.3 is 5.32 Å². The standard InChI is InChI=1S/C11H12FN3S/c1-8(4-9-2-3-16-7-9)15-11-13-5-10(12)6-14-11/h2-3,5-8H,4H2,1H3,(H,13,14,15). The monoisotopic (exact) mass is 237 g/mol. The maximum absolute atomic E-state index is 12.6. The third kappa shape index (κ3) is 3.00. The predicted octanol–water partition coefficient (Wildman–Crippen LogP) is 2.72. The lowest BCUT2D eigenvalue weighted by Gasteiger charge is -2.12. The number of hydrogen-bond donors (Lipinski definition) is 1. The minimum absolute atomic E-state index is 0.222. The Morgan fingerprint density at radius 2 is 2.19 bits per heavy atom. The van der Waals surface area contributed by atoms with E-state index in [4.69, 9.17) is 0 Å². The highest BCUT2D eigenvalue weighted by atomic mass is 32.1. The Morgan fingerprint density at radius 3 is 2.81 bits per heavy atom. The number of nitrogens with zero attached hydrogens (tertiary/aromatic N) is 2. The first-order valence-corrected chi connectivity index (χ1v) is 5.93. The van der Waals surface area contributed by atoms with E-state index in [0.29, 0.717) is 5.95 Å². The zero-order valence-electron chi connectivity index (χ0n) is 8.85. The summed E-state index contributed by atoms with van der Waals surface area (Å²) in [5, 5.41) is 7.29. The van der Waals surface area contributed by atoms with Gasteiger partial charge in [-0.1, -0.05) is 0 Å². The molecular formula is C11H12FN3S. The summed E-state index contributed by atoms with van der Waals surface area (Å²) >= 11 is 1.68. The Labute approximate surface area is 97.4 Å². The molecule has 0 aliphatic carbocycles. The number of halogens is 1. The third-order valence-corrected chi connectivity index (χ3v) is 2.85. The highest BCUT2D eigenvalue weighted by Crippen LogP contribution is 2.10. The smallest absolute Gasteiger partial charge is 0.222 e. The molecule has 1 atom stereocenters. The number of thiophene rings is 1. The lowest BCUT2D eigenvalue weighted by atomic mass is 10.1. The number of rotatable bonds is 4. The first-order valence-electron chi connectivity index (χ1n) is 4.99. The van der Waals surface area contributed by atoms with Crippen LogP contribution in [-0.2, 0) is 6.42 Å².